The second kappa shape index (κ2) is 8.25. The topological polar surface area (TPSA) is 66.9 Å². The van der Waals surface area contributed by atoms with Crippen LogP contribution in [-0.2, 0) is 9.59 Å². The van der Waals surface area contributed by atoms with Crippen molar-refractivity contribution in [3.8, 4) is 5.75 Å². The van der Waals surface area contributed by atoms with E-state index in [1.165, 1.54) is 11.8 Å². The van der Waals surface area contributed by atoms with Gasteiger partial charge in [-0.3, -0.25) is 14.4 Å². The van der Waals surface area contributed by atoms with Gasteiger partial charge in [-0.1, -0.05) is 12.1 Å². The maximum Gasteiger partial charge on any atom is 0.265 e. The van der Waals surface area contributed by atoms with Gasteiger partial charge in [-0.25, -0.2) is 0 Å². The van der Waals surface area contributed by atoms with Gasteiger partial charge >= 0.3 is 0 Å². The molecule has 1 aliphatic rings. The molecule has 0 bridgehead atoms. The van der Waals surface area contributed by atoms with E-state index in [1.807, 2.05) is 38.1 Å². The average molecular weight is 380 g/mol. The highest BCUT2D eigenvalue weighted by molar-refractivity contribution is 6.02. The van der Waals surface area contributed by atoms with Crippen molar-refractivity contribution in [2.75, 3.05) is 29.5 Å². The molecule has 0 saturated carbocycles. The summed E-state index contributed by atoms with van der Waals surface area (Å²) in [4.78, 5) is 40.2. The number of Topliss-reactive ketones (excluding diaryl/α,β-unsaturated/α-hetero) is 1. The molecule has 1 heterocycles. The molecule has 146 valence electrons. The van der Waals surface area contributed by atoms with Crippen LogP contribution in [0.3, 0.4) is 0 Å². The number of benzene rings is 2. The Bertz CT molecular complexity index is 923. The van der Waals surface area contributed by atoms with Crippen LogP contribution in [0.1, 0.15) is 36.2 Å². The number of ketones is 1. The summed E-state index contributed by atoms with van der Waals surface area (Å²) in [5.41, 5.74) is 2.97. The Hall–Kier alpha value is -3.15. The van der Waals surface area contributed by atoms with Crippen LogP contribution in [0, 0.1) is 6.92 Å². The molecule has 0 unspecified atom stereocenters. The number of aryl methyl sites for hydroxylation is 1. The number of hydrogen-bond donors (Lipinski definition) is 0. The standard InChI is InChI=1S/C22H24N2O4/c1-4-23(18-7-5-6-15(2)12-18)21(26)10-11-24-19-13-17(16(3)25)8-9-20(19)28-14-22(24)27/h5-9,12-13H,4,10-11,14H2,1-3H3. The van der Waals surface area contributed by atoms with Crippen molar-refractivity contribution < 1.29 is 19.1 Å². The van der Waals surface area contributed by atoms with E-state index >= 15 is 0 Å². The maximum atomic E-state index is 12.8. The first kappa shape index (κ1) is 19.6. The normalized spacial score (nSPS) is 13.0. The summed E-state index contributed by atoms with van der Waals surface area (Å²) >= 11 is 0. The Kier molecular flexibility index (Phi) is 5.78. The second-order valence-electron chi connectivity index (χ2n) is 6.80. The highest BCUT2D eigenvalue weighted by atomic mass is 16.5. The van der Waals surface area contributed by atoms with Gasteiger partial charge in [0.25, 0.3) is 5.91 Å². The summed E-state index contributed by atoms with van der Waals surface area (Å²) in [6.07, 6.45) is 0.178. The number of carbonyl (C=O) groups is 3. The summed E-state index contributed by atoms with van der Waals surface area (Å²) in [6.45, 7) is 6.09. The molecule has 28 heavy (non-hydrogen) atoms. The van der Waals surface area contributed by atoms with Crippen molar-refractivity contribution in [3.05, 3.63) is 53.6 Å². The molecule has 0 radical (unpaired) electrons. The molecule has 0 atom stereocenters. The molecule has 2 aromatic rings. The summed E-state index contributed by atoms with van der Waals surface area (Å²) in [6, 6.07) is 12.8. The molecule has 0 saturated heterocycles. The van der Waals surface area contributed by atoms with Gasteiger partial charge in [-0.05, 0) is 56.7 Å². The fraction of sp³-hybridized carbons (Fsp3) is 0.318. The van der Waals surface area contributed by atoms with Crippen molar-refractivity contribution >= 4 is 29.0 Å². The zero-order chi connectivity index (χ0) is 20.3. The Morgan fingerprint density at radius 2 is 1.96 bits per heavy atom. The van der Waals surface area contributed by atoms with Crippen LogP contribution in [0.15, 0.2) is 42.5 Å². The van der Waals surface area contributed by atoms with E-state index in [4.69, 9.17) is 4.74 Å². The van der Waals surface area contributed by atoms with E-state index in [-0.39, 0.29) is 37.2 Å². The zero-order valence-electron chi connectivity index (χ0n) is 16.4. The lowest BCUT2D eigenvalue weighted by Crippen LogP contribution is -2.42. The van der Waals surface area contributed by atoms with Crippen LogP contribution in [0.5, 0.6) is 5.75 Å². The van der Waals surface area contributed by atoms with Crippen molar-refractivity contribution in [2.45, 2.75) is 27.2 Å². The number of hydrogen-bond acceptors (Lipinski definition) is 4. The van der Waals surface area contributed by atoms with Crippen molar-refractivity contribution in [2.24, 2.45) is 0 Å². The number of amides is 2. The lowest BCUT2D eigenvalue weighted by atomic mass is 10.1. The molecule has 0 aromatic heterocycles. The summed E-state index contributed by atoms with van der Waals surface area (Å²) in [5.74, 6) is 0.174. The molecular formula is C22H24N2O4. The fourth-order valence-corrected chi connectivity index (χ4v) is 3.31. The lowest BCUT2D eigenvalue weighted by Gasteiger charge is -2.30. The highest BCUT2D eigenvalue weighted by Crippen LogP contribution is 2.33. The Morgan fingerprint density at radius 3 is 2.64 bits per heavy atom. The van der Waals surface area contributed by atoms with E-state index < -0.39 is 0 Å². The predicted octanol–water partition coefficient (Wildman–Crippen LogP) is 3.37. The number of ether oxygens (including phenoxy) is 1. The highest BCUT2D eigenvalue weighted by Gasteiger charge is 2.27. The van der Waals surface area contributed by atoms with Crippen LogP contribution < -0.4 is 14.5 Å². The summed E-state index contributed by atoms with van der Waals surface area (Å²) < 4.78 is 5.46. The molecular weight excluding hydrogens is 356 g/mol. The van der Waals surface area contributed by atoms with E-state index in [1.54, 1.807) is 23.1 Å². The third kappa shape index (κ3) is 4.06. The SMILES string of the molecule is CCN(C(=O)CCN1C(=O)COc2ccc(C(C)=O)cc21)c1cccc(C)c1. The Balaban J connectivity index is 1.78. The largest absolute Gasteiger partial charge is 0.482 e. The molecule has 1 aliphatic heterocycles. The third-order valence-corrected chi connectivity index (χ3v) is 4.79. The molecule has 6 nitrogen and oxygen atoms in total. The molecule has 0 spiro atoms. The quantitative estimate of drug-likeness (QED) is 0.721. The first-order valence-corrected chi connectivity index (χ1v) is 9.36. The van der Waals surface area contributed by atoms with Gasteiger partial charge in [0.1, 0.15) is 5.75 Å². The Morgan fingerprint density at radius 1 is 1.18 bits per heavy atom. The molecule has 0 aliphatic carbocycles. The minimum absolute atomic E-state index is 0.0586. The zero-order valence-corrected chi connectivity index (χ0v) is 16.4. The van der Waals surface area contributed by atoms with Gasteiger partial charge in [0.05, 0.1) is 5.69 Å². The summed E-state index contributed by atoms with van der Waals surface area (Å²) in [7, 11) is 0. The van der Waals surface area contributed by atoms with Gasteiger partial charge < -0.3 is 14.5 Å². The fourth-order valence-electron chi connectivity index (χ4n) is 3.31. The second-order valence-corrected chi connectivity index (χ2v) is 6.80. The van der Waals surface area contributed by atoms with E-state index in [2.05, 4.69) is 0 Å². The average Bonchev–Trinajstić information content (AvgIpc) is 2.67. The van der Waals surface area contributed by atoms with Crippen molar-refractivity contribution in [1.82, 2.24) is 0 Å². The van der Waals surface area contributed by atoms with Crippen molar-refractivity contribution in [3.63, 3.8) is 0 Å². The van der Waals surface area contributed by atoms with Crippen LogP contribution >= 0.6 is 0 Å². The van der Waals surface area contributed by atoms with Gasteiger partial charge in [0.15, 0.2) is 12.4 Å². The van der Waals surface area contributed by atoms with Gasteiger partial charge in [-0.2, -0.15) is 0 Å². The van der Waals surface area contributed by atoms with Crippen LogP contribution in [0.4, 0.5) is 11.4 Å². The van der Waals surface area contributed by atoms with E-state index in [0.717, 1.165) is 11.3 Å². The first-order valence-electron chi connectivity index (χ1n) is 9.36. The number of carbonyl (C=O) groups excluding carboxylic acids is 3. The van der Waals surface area contributed by atoms with Crippen LogP contribution in [0.2, 0.25) is 0 Å². The van der Waals surface area contributed by atoms with Gasteiger partial charge in [0.2, 0.25) is 5.91 Å². The lowest BCUT2D eigenvalue weighted by molar-refractivity contribution is -0.121. The molecule has 2 amide bonds. The third-order valence-electron chi connectivity index (χ3n) is 4.79. The number of anilines is 2. The molecule has 6 heteroatoms. The molecule has 0 fully saturated rings. The Labute approximate surface area is 164 Å². The van der Waals surface area contributed by atoms with E-state index in [9.17, 15) is 14.4 Å². The van der Waals surface area contributed by atoms with Gasteiger partial charge in [0, 0.05) is 30.8 Å². The molecule has 2 aromatic carbocycles. The summed E-state index contributed by atoms with van der Waals surface area (Å²) in [5, 5.41) is 0. The van der Waals surface area contributed by atoms with Crippen LogP contribution in [0.25, 0.3) is 0 Å². The van der Waals surface area contributed by atoms with Crippen molar-refractivity contribution in [1.29, 1.82) is 0 Å². The predicted molar refractivity (Wildman–Crippen MR) is 108 cm³/mol. The first-order chi connectivity index (χ1) is 13.4. The number of fused-ring (bicyclic) bond motifs is 1. The minimum atomic E-state index is -0.223. The number of rotatable bonds is 6. The van der Waals surface area contributed by atoms with Gasteiger partial charge in [-0.15, -0.1) is 0 Å². The molecule has 0 N–H and O–H groups in total. The van der Waals surface area contributed by atoms with Crippen LogP contribution in [-0.4, -0.2) is 37.3 Å². The minimum Gasteiger partial charge on any atom is -0.482 e. The molecule has 3 rings (SSSR count). The monoisotopic (exact) mass is 380 g/mol. The van der Waals surface area contributed by atoms with E-state index in [0.29, 0.717) is 23.5 Å². The number of nitrogens with zero attached hydrogens (tertiary/aromatic N) is 2. The maximum absolute atomic E-state index is 12.8. The smallest absolute Gasteiger partial charge is 0.265 e.